The van der Waals surface area contributed by atoms with Crippen molar-refractivity contribution in [3.8, 4) is 5.75 Å². The maximum atomic E-state index is 12.1. The molecule has 2 rings (SSSR count). The van der Waals surface area contributed by atoms with Gasteiger partial charge in [0.25, 0.3) is 0 Å². The molecule has 0 aliphatic carbocycles. The van der Waals surface area contributed by atoms with Gasteiger partial charge < -0.3 is 4.74 Å². The number of carbonyl (C=O) groups excluding carboxylic acids is 2. The number of hydrogen-bond acceptors (Lipinski definition) is 4. The summed E-state index contributed by atoms with van der Waals surface area (Å²) in [7, 11) is 1.56. The molecule has 1 atom stereocenters. The maximum absolute atomic E-state index is 12.1. The molecule has 1 aromatic carbocycles. The van der Waals surface area contributed by atoms with E-state index in [1.165, 1.54) is 16.7 Å². The van der Waals surface area contributed by atoms with Gasteiger partial charge in [0.05, 0.1) is 18.0 Å². The van der Waals surface area contributed by atoms with Crippen LogP contribution in [0.5, 0.6) is 5.75 Å². The lowest BCUT2D eigenvalue weighted by molar-refractivity contribution is -0.121. The van der Waals surface area contributed by atoms with Crippen molar-refractivity contribution in [1.29, 1.82) is 0 Å². The number of thioether (sulfide) groups is 1. The molecule has 0 N–H and O–H groups in total. The second-order valence-corrected chi connectivity index (χ2v) is 5.40. The van der Waals surface area contributed by atoms with Gasteiger partial charge in [-0.2, -0.15) is 0 Å². The van der Waals surface area contributed by atoms with Gasteiger partial charge in [0, 0.05) is 12.5 Å². The van der Waals surface area contributed by atoms with Crippen molar-refractivity contribution in [3.05, 3.63) is 24.3 Å². The van der Waals surface area contributed by atoms with E-state index in [9.17, 15) is 9.59 Å². The number of methoxy groups -OCH3 is 1. The average Bonchev–Trinajstić information content (AvgIpc) is 2.65. The summed E-state index contributed by atoms with van der Waals surface area (Å²) in [4.78, 5) is 25.3. The number of rotatable bonds is 4. The van der Waals surface area contributed by atoms with Crippen LogP contribution in [0.3, 0.4) is 0 Å². The van der Waals surface area contributed by atoms with Crippen LogP contribution in [0.25, 0.3) is 0 Å². The molecule has 4 nitrogen and oxygen atoms in total. The molecule has 0 saturated carbocycles. The highest BCUT2D eigenvalue weighted by atomic mass is 32.2. The highest BCUT2D eigenvalue weighted by molar-refractivity contribution is 8.00. The lowest BCUT2D eigenvalue weighted by Crippen LogP contribution is -2.31. The quantitative estimate of drug-likeness (QED) is 0.782. The predicted molar refractivity (Wildman–Crippen MR) is 72.0 cm³/mol. The average molecular weight is 265 g/mol. The number of carbonyl (C=O) groups is 2. The van der Waals surface area contributed by atoms with Crippen molar-refractivity contribution in [2.24, 2.45) is 0 Å². The molecule has 0 unspecified atom stereocenters. The van der Waals surface area contributed by atoms with Gasteiger partial charge in [-0.25, -0.2) is 4.90 Å². The summed E-state index contributed by atoms with van der Waals surface area (Å²) < 4.78 is 5.10. The zero-order chi connectivity index (χ0) is 13.1. The van der Waals surface area contributed by atoms with Crippen molar-refractivity contribution in [1.82, 2.24) is 0 Å². The number of ether oxygens (including phenoxy) is 1. The number of nitrogens with zero attached hydrogens (tertiary/aromatic N) is 1. The molecule has 2 amide bonds. The summed E-state index contributed by atoms with van der Waals surface area (Å²) in [5.74, 6) is 1.20. The molecule has 1 fully saturated rings. The molecule has 0 aromatic heterocycles. The Morgan fingerprint density at radius 3 is 2.89 bits per heavy atom. The zero-order valence-corrected chi connectivity index (χ0v) is 11.2. The lowest BCUT2D eigenvalue weighted by Gasteiger charge is -2.15. The van der Waals surface area contributed by atoms with Crippen LogP contribution in [-0.4, -0.2) is 29.9 Å². The van der Waals surface area contributed by atoms with Gasteiger partial charge in [0.2, 0.25) is 11.8 Å². The van der Waals surface area contributed by atoms with Crippen molar-refractivity contribution in [2.45, 2.75) is 18.6 Å². The molecule has 0 spiro atoms. The topological polar surface area (TPSA) is 46.6 Å². The van der Waals surface area contributed by atoms with Crippen LogP contribution in [-0.2, 0) is 9.59 Å². The summed E-state index contributed by atoms with van der Waals surface area (Å²) in [6.07, 6.45) is 0.286. The summed E-state index contributed by atoms with van der Waals surface area (Å²) in [5.41, 5.74) is 0.587. The molecule has 1 heterocycles. The van der Waals surface area contributed by atoms with Crippen LogP contribution < -0.4 is 9.64 Å². The SMILES string of the molecule is CCS[C@H]1CC(=O)N(c2cccc(OC)c2)C1=O. The first-order valence-corrected chi connectivity index (χ1v) is 6.84. The minimum Gasteiger partial charge on any atom is -0.497 e. The van der Waals surface area contributed by atoms with E-state index in [1.54, 1.807) is 31.4 Å². The lowest BCUT2D eigenvalue weighted by atomic mass is 10.3. The highest BCUT2D eigenvalue weighted by Gasteiger charge is 2.39. The largest absolute Gasteiger partial charge is 0.497 e. The molecular weight excluding hydrogens is 250 g/mol. The first-order valence-electron chi connectivity index (χ1n) is 5.79. The molecule has 1 saturated heterocycles. The van der Waals surface area contributed by atoms with Crippen LogP contribution in [0.15, 0.2) is 24.3 Å². The smallest absolute Gasteiger partial charge is 0.247 e. The van der Waals surface area contributed by atoms with Gasteiger partial charge in [-0.15, -0.1) is 11.8 Å². The van der Waals surface area contributed by atoms with Crippen LogP contribution in [0.2, 0.25) is 0 Å². The maximum Gasteiger partial charge on any atom is 0.247 e. The van der Waals surface area contributed by atoms with Crippen LogP contribution in [0.1, 0.15) is 13.3 Å². The number of imide groups is 1. The van der Waals surface area contributed by atoms with E-state index in [-0.39, 0.29) is 23.5 Å². The van der Waals surface area contributed by atoms with Gasteiger partial charge >= 0.3 is 0 Å². The minimum absolute atomic E-state index is 0.125. The van der Waals surface area contributed by atoms with Crippen molar-refractivity contribution in [3.63, 3.8) is 0 Å². The van der Waals surface area contributed by atoms with Gasteiger partial charge in [0.15, 0.2) is 0 Å². The normalized spacial score (nSPS) is 19.4. The van der Waals surface area contributed by atoms with E-state index in [0.29, 0.717) is 11.4 Å². The van der Waals surface area contributed by atoms with E-state index >= 15 is 0 Å². The second kappa shape index (κ2) is 5.44. The zero-order valence-electron chi connectivity index (χ0n) is 10.4. The Bertz CT molecular complexity index is 475. The Labute approximate surface area is 110 Å². The van der Waals surface area contributed by atoms with E-state index in [1.807, 2.05) is 6.92 Å². The monoisotopic (exact) mass is 265 g/mol. The Kier molecular flexibility index (Phi) is 3.91. The molecule has 18 heavy (non-hydrogen) atoms. The first kappa shape index (κ1) is 13.0. The van der Waals surface area contributed by atoms with Gasteiger partial charge in [0.1, 0.15) is 5.75 Å². The fourth-order valence-corrected chi connectivity index (χ4v) is 2.87. The molecule has 96 valence electrons. The number of amides is 2. The van der Waals surface area contributed by atoms with Crippen LogP contribution in [0.4, 0.5) is 5.69 Å². The van der Waals surface area contributed by atoms with E-state index < -0.39 is 0 Å². The minimum atomic E-state index is -0.242. The van der Waals surface area contributed by atoms with Crippen LogP contribution in [0, 0.1) is 0 Å². The third-order valence-corrected chi connectivity index (χ3v) is 3.89. The molecule has 1 aromatic rings. The predicted octanol–water partition coefficient (Wildman–Crippen LogP) is 2.08. The van der Waals surface area contributed by atoms with Gasteiger partial charge in [-0.05, 0) is 17.9 Å². The third-order valence-electron chi connectivity index (χ3n) is 2.78. The fourth-order valence-electron chi connectivity index (χ4n) is 1.96. The van der Waals surface area contributed by atoms with E-state index in [2.05, 4.69) is 0 Å². The standard InChI is InChI=1S/C13H15NO3S/c1-3-18-11-8-12(15)14(13(11)16)9-5-4-6-10(7-9)17-2/h4-7,11H,3,8H2,1-2H3/t11-/m0/s1. The van der Waals surface area contributed by atoms with Crippen molar-refractivity contribution >= 4 is 29.3 Å². The number of anilines is 1. The molecule has 0 radical (unpaired) electrons. The van der Waals surface area contributed by atoms with Gasteiger partial charge in [-0.3, -0.25) is 9.59 Å². The Balaban J connectivity index is 2.27. The summed E-state index contributed by atoms with van der Waals surface area (Å²) >= 11 is 1.52. The highest BCUT2D eigenvalue weighted by Crippen LogP contribution is 2.30. The Morgan fingerprint density at radius 1 is 1.44 bits per heavy atom. The number of hydrogen-bond donors (Lipinski definition) is 0. The Morgan fingerprint density at radius 2 is 2.22 bits per heavy atom. The Hall–Kier alpha value is -1.49. The van der Waals surface area contributed by atoms with Crippen molar-refractivity contribution in [2.75, 3.05) is 17.8 Å². The first-order chi connectivity index (χ1) is 8.67. The van der Waals surface area contributed by atoms with E-state index in [0.717, 1.165) is 5.75 Å². The second-order valence-electron chi connectivity index (χ2n) is 3.92. The van der Waals surface area contributed by atoms with Crippen LogP contribution >= 0.6 is 11.8 Å². The third kappa shape index (κ3) is 2.36. The summed E-state index contributed by atoms with van der Waals surface area (Å²) in [6, 6.07) is 7.01. The molecule has 0 bridgehead atoms. The molecule has 5 heteroatoms. The van der Waals surface area contributed by atoms with Gasteiger partial charge in [-0.1, -0.05) is 13.0 Å². The summed E-state index contributed by atoms with van der Waals surface area (Å²) in [6.45, 7) is 1.98. The fraction of sp³-hybridized carbons (Fsp3) is 0.385. The van der Waals surface area contributed by atoms with Crippen molar-refractivity contribution < 1.29 is 14.3 Å². The summed E-state index contributed by atoms with van der Waals surface area (Å²) in [5, 5.41) is -0.242. The molecule has 1 aliphatic heterocycles. The van der Waals surface area contributed by atoms with E-state index in [4.69, 9.17) is 4.74 Å². The molecule has 1 aliphatic rings. The number of benzene rings is 1. The molecular formula is C13H15NO3S.